The Bertz CT molecular complexity index is 290. The predicted octanol–water partition coefficient (Wildman–Crippen LogP) is 6.21. The summed E-state index contributed by atoms with van der Waals surface area (Å²) in [5.41, 5.74) is 0.254. The van der Waals surface area contributed by atoms with Crippen molar-refractivity contribution in [2.45, 2.75) is 110 Å². The summed E-state index contributed by atoms with van der Waals surface area (Å²) in [5, 5.41) is 0. The number of nitrogens with zero attached hydrogens (tertiary/aromatic N) is 1. The molecule has 0 rings (SSSR count). The van der Waals surface area contributed by atoms with Crippen LogP contribution in [0.5, 0.6) is 0 Å². The lowest BCUT2D eigenvalue weighted by Gasteiger charge is -2.39. The molecule has 0 aliphatic heterocycles. The van der Waals surface area contributed by atoms with E-state index in [1.807, 2.05) is 0 Å². The molecule has 0 aromatic rings. The van der Waals surface area contributed by atoms with Crippen molar-refractivity contribution in [3.05, 3.63) is 0 Å². The van der Waals surface area contributed by atoms with Gasteiger partial charge in [0, 0.05) is 21.3 Å². The van der Waals surface area contributed by atoms with Crippen LogP contribution in [0.1, 0.15) is 104 Å². The summed E-state index contributed by atoms with van der Waals surface area (Å²) in [6, 6.07) is 0. The molecule has 5 heteroatoms. The summed E-state index contributed by atoms with van der Waals surface area (Å²) in [6.07, 6.45) is 17.0. The van der Waals surface area contributed by atoms with Gasteiger partial charge in [-0.3, -0.25) is 4.90 Å². The Balaban J connectivity index is 4.71. The van der Waals surface area contributed by atoms with E-state index >= 15 is 0 Å². The van der Waals surface area contributed by atoms with Crippen molar-refractivity contribution >= 4 is 8.80 Å². The third kappa shape index (κ3) is 11.0. The van der Waals surface area contributed by atoms with Crippen LogP contribution in [0, 0.1) is 0 Å². The van der Waals surface area contributed by atoms with Crippen molar-refractivity contribution < 1.29 is 13.3 Å². The zero-order valence-electron chi connectivity index (χ0n) is 19.4. The first kappa shape index (κ1) is 27.1. The maximum atomic E-state index is 5.84. The van der Waals surface area contributed by atoms with Crippen LogP contribution in [0.2, 0.25) is 0 Å². The fraction of sp³-hybridized carbons (Fsp3) is 1.00. The smallest absolute Gasteiger partial charge is 0.376 e. The maximum Gasteiger partial charge on any atom is 0.518 e. The minimum absolute atomic E-state index is 0.254. The highest BCUT2D eigenvalue weighted by Gasteiger charge is 2.49. The Morgan fingerprint density at radius 2 is 0.963 bits per heavy atom. The molecule has 0 saturated heterocycles. The number of unbranched alkanes of at least 4 members (excludes halogenated alkanes) is 10. The monoisotopic (exact) mass is 403 g/mol. The summed E-state index contributed by atoms with van der Waals surface area (Å²) >= 11 is 0. The molecule has 0 radical (unpaired) electrons. The van der Waals surface area contributed by atoms with Gasteiger partial charge in [0.15, 0.2) is 0 Å². The Labute approximate surface area is 171 Å². The lowest BCUT2D eigenvalue weighted by atomic mass is 10.1. The molecule has 0 aromatic heterocycles. The van der Waals surface area contributed by atoms with Crippen LogP contribution in [-0.4, -0.2) is 53.8 Å². The van der Waals surface area contributed by atoms with E-state index in [2.05, 4.69) is 25.7 Å². The average Bonchev–Trinajstić information content (AvgIpc) is 2.70. The van der Waals surface area contributed by atoms with E-state index in [-0.39, 0.29) is 5.67 Å². The first-order valence-corrected chi connectivity index (χ1v) is 13.3. The number of hydrogen-bond acceptors (Lipinski definition) is 4. The highest BCUT2D eigenvalue weighted by Crippen LogP contribution is 2.22. The van der Waals surface area contributed by atoms with Crippen LogP contribution in [0.25, 0.3) is 0 Å². The third-order valence-electron chi connectivity index (χ3n) is 5.69. The van der Waals surface area contributed by atoms with Gasteiger partial charge in [0.1, 0.15) is 0 Å². The molecule has 0 amide bonds. The van der Waals surface area contributed by atoms with Crippen molar-refractivity contribution in [2.24, 2.45) is 0 Å². The van der Waals surface area contributed by atoms with Gasteiger partial charge in [0.05, 0.1) is 5.67 Å². The minimum Gasteiger partial charge on any atom is -0.376 e. The van der Waals surface area contributed by atoms with Gasteiger partial charge in [-0.05, 0) is 32.4 Å². The average molecular weight is 404 g/mol. The van der Waals surface area contributed by atoms with E-state index in [1.165, 1.54) is 77.0 Å². The Hall–Kier alpha value is 0.0569. The van der Waals surface area contributed by atoms with Gasteiger partial charge in [-0.1, -0.05) is 85.0 Å². The van der Waals surface area contributed by atoms with Gasteiger partial charge >= 0.3 is 8.80 Å². The van der Waals surface area contributed by atoms with Crippen LogP contribution >= 0.6 is 0 Å². The van der Waals surface area contributed by atoms with Crippen LogP contribution in [0.4, 0.5) is 0 Å². The van der Waals surface area contributed by atoms with Gasteiger partial charge in [-0.15, -0.1) is 0 Å². The standard InChI is InChI=1S/C22H49NO3Si/c1-7-10-12-14-16-18-20-23(21-19-17-15-13-11-8-2)22(9-3)27(24-4,25-5)26-6/h22H,7-21H2,1-6H3. The molecule has 4 nitrogen and oxygen atoms in total. The van der Waals surface area contributed by atoms with Crippen LogP contribution < -0.4 is 0 Å². The van der Waals surface area contributed by atoms with Crippen LogP contribution in [-0.2, 0) is 13.3 Å². The molecule has 1 atom stereocenters. The van der Waals surface area contributed by atoms with Gasteiger partial charge < -0.3 is 13.3 Å². The van der Waals surface area contributed by atoms with Gasteiger partial charge in [-0.2, -0.15) is 0 Å². The second kappa shape index (κ2) is 18.1. The molecular weight excluding hydrogens is 354 g/mol. The molecule has 164 valence electrons. The third-order valence-corrected chi connectivity index (χ3v) is 8.98. The normalized spacial score (nSPS) is 13.4. The molecule has 0 saturated carbocycles. The molecular formula is C22H49NO3Si. The van der Waals surface area contributed by atoms with Crippen molar-refractivity contribution in [1.82, 2.24) is 4.90 Å². The SMILES string of the molecule is CCCCCCCCN(CCCCCCCC)C(CC)[Si](OC)(OC)OC. The summed E-state index contributed by atoms with van der Waals surface area (Å²) in [5.74, 6) is 0. The van der Waals surface area contributed by atoms with Gasteiger partial charge in [0.25, 0.3) is 0 Å². The topological polar surface area (TPSA) is 30.9 Å². The Morgan fingerprint density at radius 1 is 0.593 bits per heavy atom. The molecule has 27 heavy (non-hydrogen) atoms. The van der Waals surface area contributed by atoms with Gasteiger partial charge in [0.2, 0.25) is 0 Å². The Kier molecular flexibility index (Phi) is 18.1. The summed E-state index contributed by atoms with van der Waals surface area (Å²) < 4.78 is 17.5. The molecule has 0 bridgehead atoms. The molecule has 1 unspecified atom stereocenters. The predicted molar refractivity (Wildman–Crippen MR) is 119 cm³/mol. The quantitative estimate of drug-likeness (QED) is 0.179. The first-order valence-electron chi connectivity index (χ1n) is 11.5. The van der Waals surface area contributed by atoms with E-state index < -0.39 is 8.80 Å². The lowest BCUT2D eigenvalue weighted by molar-refractivity contribution is 0.0707. The first-order chi connectivity index (χ1) is 13.2. The van der Waals surface area contributed by atoms with E-state index in [4.69, 9.17) is 13.3 Å². The lowest BCUT2D eigenvalue weighted by Crippen LogP contribution is -2.61. The molecule has 0 aliphatic carbocycles. The fourth-order valence-corrected chi connectivity index (χ4v) is 6.53. The molecule has 0 fully saturated rings. The second-order valence-electron chi connectivity index (χ2n) is 7.71. The zero-order chi connectivity index (χ0) is 20.4. The van der Waals surface area contributed by atoms with Gasteiger partial charge in [-0.25, -0.2) is 0 Å². The van der Waals surface area contributed by atoms with Crippen molar-refractivity contribution in [3.63, 3.8) is 0 Å². The minimum atomic E-state index is -2.65. The zero-order valence-corrected chi connectivity index (χ0v) is 20.4. The molecule has 0 heterocycles. The van der Waals surface area contributed by atoms with E-state index in [1.54, 1.807) is 21.3 Å². The van der Waals surface area contributed by atoms with E-state index in [0.717, 1.165) is 19.5 Å². The van der Waals surface area contributed by atoms with Crippen molar-refractivity contribution in [3.8, 4) is 0 Å². The molecule has 0 N–H and O–H groups in total. The molecule has 0 aliphatic rings. The number of rotatable bonds is 20. The molecule has 0 spiro atoms. The van der Waals surface area contributed by atoms with Crippen LogP contribution in [0.3, 0.4) is 0 Å². The summed E-state index contributed by atoms with van der Waals surface area (Å²) in [4.78, 5) is 2.61. The highest BCUT2D eigenvalue weighted by molar-refractivity contribution is 6.62. The second-order valence-corrected chi connectivity index (χ2v) is 10.8. The largest absolute Gasteiger partial charge is 0.518 e. The van der Waals surface area contributed by atoms with E-state index in [9.17, 15) is 0 Å². The summed E-state index contributed by atoms with van der Waals surface area (Å²) in [6.45, 7) is 9.05. The highest BCUT2D eigenvalue weighted by atomic mass is 28.4. The summed E-state index contributed by atoms with van der Waals surface area (Å²) in [7, 11) is 2.59. The maximum absolute atomic E-state index is 5.84. The van der Waals surface area contributed by atoms with Crippen LogP contribution in [0.15, 0.2) is 0 Å². The van der Waals surface area contributed by atoms with E-state index in [0.29, 0.717) is 0 Å². The number of hydrogen-bond donors (Lipinski definition) is 0. The van der Waals surface area contributed by atoms with Crippen molar-refractivity contribution in [1.29, 1.82) is 0 Å². The fourth-order valence-electron chi connectivity index (χ4n) is 4.00. The Morgan fingerprint density at radius 3 is 1.30 bits per heavy atom. The molecule has 0 aromatic carbocycles. The van der Waals surface area contributed by atoms with Crippen molar-refractivity contribution in [2.75, 3.05) is 34.4 Å².